The number of aromatic nitrogens is 2. The third kappa shape index (κ3) is 4.41. The van der Waals surface area contributed by atoms with E-state index in [1.165, 1.54) is 11.8 Å². The summed E-state index contributed by atoms with van der Waals surface area (Å²) < 4.78 is 13.7. The summed E-state index contributed by atoms with van der Waals surface area (Å²) in [6, 6.07) is 8.26. The second-order valence-corrected chi connectivity index (χ2v) is 4.84. The Kier molecular flexibility index (Phi) is 5.49. The van der Waals surface area contributed by atoms with E-state index in [1.807, 2.05) is 12.1 Å². The molecule has 1 heterocycles. The normalized spacial score (nSPS) is 10.4. The fourth-order valence-electron chi connectivity index (χ4n) is 1.89. The number of benzene rings is 1. The van der Waals surface area contributed by atoms with Gasteiger partial charge >= 0.3 is 0 Å². The zero-order valence-electron chi connectivity index (χ0n) is 12.5. The number of nitrogens with one attached hydrogen (secondary N) is 2. The third-order valence-corrected chi connectivity index (χ3v) is 3.17. The van der Waals surface area contributed by atoms with Gasteiger partial charge in [0, 0.05) is 13.1 Å². The lowest BCUT2D eigenvalue weighted by Crippen LogP contribution is -2.09. The highest BCUT2D eigenvalue weighted by atomic mass is 19.1. The van der Waals surface area contributed by atoms with Crippen LogP contribution in [0.25, 0.3) is 0 Å². The third-order valence-electron chi connectivity index (χ3n) is 3.17. The lowest BCUT2D eigenvalue weighted by molar-refractivity contribution is 0.617. The summed E-state index contributed by atoms with van der Waals surface area (Å²) >= 11 is 0. The predicted octanol–water partition coefficient (Wildman–Crippen LogP) is 3.61. The van der Waals surface area contributed by atoms with Crippen LogP contribution in [0.5, 0.6) is 0 Å². The zero-order chi connectivity index (χ0) is 15.1. The lowest BCUT2D eigenvalue weighted by atomic mass is 10.1. The van der Waals surface area contributed by atoms with Gasteiger partial charge < -0.3 is 10.6 Å². The topological polar surface area (TPSA) is 49.8 Å². The molecule has 0 radical (unpaired) electrons. The number of hydrogen-bond acceptors (Lipinski definition) is 4. The summed E-state index contributed by atoms with van der Waals surface area (Å²) in [5, 5.41) is 6.06. The van der Waals surface area contributed by atoms with Crippen molar-refractivity contribution in [1.82, 2.24) is 9.97 Å². The summed E-state index contributed by atoms with van der Waals surface area (Å²) in [4.78, 5) is 8.07. The minimum Gasteiger partial charge on any atom is -0.363 e. The van der Waals surface area contributed by atoms with Crippen LogP contribution in [0.1, 0.15) is 31.4 Å². The first-order chi connectivity index (χ1) is 10.2. The molecule has 0 aliphatic carbocycles. The molecule has 0 fully saturated rings. The van der Waals surface area contributed by atoms with Crippen molar-refractivity contribution in [3.05, 3.63) is 47.4 Å². The van der Waals surface area contributed by atoms with Crippen molar-refractivity contribution in [2.45, 2.75) is 33.2 Å². The zero-order valence-corrected chi connectivity index (χ0v) is 12.5. The quantitative estimate of drug-likeness (QED) is 0.817. The van der Waals surface area contributed by atoms with Crippen molar-refractivity contribution in [3.8, 4) is 0 Å². The van der Waals surface area contributed by atoms with Crippen LogP contribution in [0.4, 0.5) is 16.2 Å². The van der Waals surface area contributed by atoms with Crippen LogP contribution in [-0.2, 0) is 13.0 Å². The lowest BCUT2D eigenvalue weighted by Gasteiger charge is -2.09. The molecule has 1 aromatic heterocycles. The average Bonchev–Trinajstić information content (AvgIpc) is 2.53. The molecule has 0 bridgehead atoms. The Morgan fingerprint density at radius 3 is 2.43 bits per heavy atom. The summed E-state index contributed by atoms with van der Waals surface area (Å²) in [5.41, 5.74) is 2.38. The first kappa shape index (κ1) is 15.2. The van der Waals surface area contributed by atoms with E-state index in [0.717, 1.165) is 24.9 Å². The molecule has 4 nitrogen and oxygen atoms in total. The van der Waals surface area contributed by atoms with E-state index < -0.39 is 5.82 Å². The summed E-state index contributed by atoms with van der Waals surface area (Å²) in [7, 11) is 0. The van der Waals surface area contributed by atoms with Crippen molar-refractivity contribution >= 4 is 11.8 Å². The highest BCUT2D eigenvalue weighted by Gasteiger charge is 2.06. The Morgan fingerprint density at radius 1 is 1.05 bits per heavy atom. The van der Waals surface area contributed by atoms with Crippen LogP contribution < -0.4 is 10.6 Å². The fourth-order valence-corrected chi connectivity index (χ4v) is 1.89. The monoisotopic (exact) mass is 288 g/mol. The van der Waals surface area contributed by atoms with Crippen molar-refractivity contribution in [3.63, 3.8) is 0 Å². The minimum absolute atomic E-state index is 0.225. The van der Waals surface area contributed by atoms with Gasteiger partial charge in [0.15, 0.2) is 11.6 Å². The summed E-state index contributed by atoms with van der Waals surface area (Å²) in [6.45, 7) is 5.47. The maximum atomic E-state index is 13.7. The average molecular weight is 288 g/mol. The first-order valence-electron chi connectivity index (χ1n) is 7.31. The van der Waals surface area contributed by atoms with Crippen molar-refractivity contribution in [2.24, 2.45) is 0 Å². The molecule has 0 saturated heterocycles. The molecular weight excluding hydrogens is 267 g/mol. The first-order valence-corrected chi connectivity index (χ1v) is 7.31. The van der Waals surface area contributed by atoms with Gasteiger partial charge in [0.05, 0.1) is 6.20 Å². The summed E-state index contributed by atoms with van der Waals surface area (Å²) in [6.07, 6.45) is 3.17. The largest absolute Gasteiger partial charge is 0.363 e. The second-order valence-electron chi connectivity index (χ2n) is 4.84. The standard InChI is InChI=1S/C16H21FN4/c1-3-9-18-16-20-11-14(17)15(21-16)19-10-13-7-5-12(4-2)6-8-13/h5-8,11H,3-4,9-10H2,1-2H3,(H2,18,19,20,21). The van der Waals surface area contributed by atoms with E-state index in [1.54, 1.807) is 0 Å². The van der Waals surface area contributed by atoms with E-state index in [2.05, 4.69) is 46.6 Å². The molecule has 0 aliphatic rings. The molecular formula is C16H21FN4. The van der Waals surface area contributed by atoms with Gasteiger partial charge in [-0.1, -0.05) is 38.1 Å². The highest BCUT2D eigenvalue weighted by Crippen LogP contribution is 2.14. The van der Waals surface area contributed by atoms with Crippen LogP contribution in [-0.4, -0.2) is 16.5 Å². The van der Waals surface area contributed by atoms with Crippen LogP contribution in [0, 0.1) is 5.82 Å². The molecule has 0 amide bonds. The van der Waals surface area contributed by atoms with Gasteiger partial charge in [0.1, 0.15) is 0 Å². The number of aryl methyl sites for hydroxylation is 1. The Morgan fingerprint density at radius 2 is 1.76 bits per heavy atom. The molecule has 0 spiro atoms. The van der Waals surface area contributed by atoms with Crippen molar-refractivity contribution in [1.29, 1.82) is 0 Å². The van der Waals surface area contributed by atoms with Gasteiger partial charge in [-0.05, 0) is 24.0 Å². The van der Waals surface area contributed by atoms with Gasteiger partial charge in [0.2, 0.25) is 5.95 Å². The molecule has 2 rings (SSSR count). The van der Waals surface area contributed by atoms with Crippen molar-refractivity contribution in [2.75, 3.05) is 17.2 Å². The van der Waals surface area contributed by atoms with E-state index in [9.17, 15) is 4.39 Å². The molecule has 2 N–H and O–H groups in total. The van der Waals surface area contributed by atoms with Gasteiger partial charge in [-0.2, -0.15) is 4.98 Å². The van der Waals surface area contributed by atoms with Crippen LogP contribution in [0.3, 0.4) is 0 Å². The number of hydrogen-bond donors (Lipinski definition) is 2. The van der Waals surface area contributed by atoms with E-state index in [0.29, 0.717) is 12.5 Å². The molecule has 0 saturated carbocycles. The van der Waals surface area contributed by atoms with Gasteiger partial charge in [-0.25, -0.2) is 9.37 Å². The minimum atomic E-state index is -0.442. The van der Waals surface area contributed by atoms with Crippen molar-refractivity contribution < 1.29 is 4.39 Å². The Balaban J connectivity index is 2.00. The Bertz CT molecular complexity index is 569. The molecule has 0 atom stereocenters. The van der Waals surface area contributed by atoms with E-state index in [4.69, 9.17) is 0 Å². The number of rotatable bonds is 7. The Labute approximate surface area is 124 Å². The van der Waals surface area contributed by atoms with Crippen LogP contribution in [0.15, 0.2) is 30.5 Å². The maximum absolute atomic E-state index is 13.7. The molecule has 5 heteroatoms. The number of halogens is 1. The Hall–Kier alpha value is -2.17. The molecule has 21 heavy (non-hydrogen) atoms. The predicted molar refractivity (Wildman–Crippen MR) is 83.9 cm³/mol. The van der Waals surface area contributed by atoms with Gasteiger partial charge in [-0.15, -0.1) is 0 Å². The molecule has 2 aromatic rings. The smallest absolute Gasteiger partial charge is 0.224 e. The van der Waals surface area contributed by atoms with Gasteiger partial charge in [-0.3, -0.25) is 0 Å². The SMILES string of the molecule is CCCNc1ncc(F)c(NCc2ccc(CC)cc2)n1. The molecule has 112 valence electrons. The fraction of sp³-hybridized carbons (Fsp3) is 0.375. The van der Waals surface area contributed by atoms with Gasteiger partial charge in [0.25, 0.3) is 0 Å². The van der Waals surface area contributed by atoms with E-state index in [-0.39, 0.29) is 5.82 Å². The molecule has 0 unspecified atom stereocenters. The number of nitrogens with zero attached hydrogens (tertiary/aromatic N) is 2. The second kappa shape index (κ2) is 7.57. The molecule has 0 aliphatic heterocycles. The summed E-state index contributed by atoms with van der Waals surface area (Å²) in [5.74, 6) is 0.229. The van der Waals surface area contributed by atoms with Crippen LogP contribution in [0.2, 0.25) is 0 Å². The molecule has 1 aromatic carbocycles. The highest BCUT2D eigenvalue weighted by molar-refractivity contribution is 5.41. The van der Waals surface area contributed by atoms with E-state index >= 15 is 0 Å². The van der Waals surface area contributed by atoms with Crippen LogP contribution >= 0.6 is 0 Å². The number of anilines is 2. The maximum Gasteiger partial charge on any atom is 0.224 e.